The Morgan fingerprint density at radius 3 is 2.52 bits per heavy atom. The third-order valence-corrected chi connectivity index (χ3v) is 5.17. The Hall–Kier alpha value is -2.61. The average Bonchev–Trinajstić information content (AvgIpc) is 2.85. The molecule has 168 valence electrons. The number of carbonyl (C=O) groups excluding carboxylic acids is 1. The summed E-state index contributed by atoms with van der Waals surface area (Å²) in [6.07, 6.45) is -1.16. The lowest BCUT2D eigenvalue weighted by molar-refractivity contribution is -0.00942. The molecule has 31 heavy (non-hydrogen) atoms. The van der Waals surface area contributed by atoms with Gasteiger partial charge in [-0.15, -0.1) is 0 Å². The van der Waals surface area contributed by atoms with E-state index in [4.69, 9.17) is 10.5 Å². The summed E-state index contributed by atoms with van der Waals surface area (Å²) in [5.74, 6) is -4.51. The molecule has 0 unspecified atom stereocenters. The molecule has 1 saturated heterocycles. The number of aryl methyl sites for hydroxylation is 1. The zero-order chi connectivity index (χ0) is 23.1. The van der Waals surface area contributed by atoms with Crippen LogP contribution in [0.2, 0.25) is 0 Å². The monoisotopic (exact) mass is 438 g/mol. The van der Waals surface area contributed by atoms with Crippen LogP contribution in [0.3, 0.4) is 0 Å². The molecule has 8 heteroatoms. The van der Waals surface area contributed by atoms with Gasteiger partial charge in [-0.3, -0.25) is 4.90 Å². The summed E-state index contributed by atoms with van der Waals surface area (Å²) >= 11 is 0. The predicted octanol–water partition coefficient (Wildman–Crippen LogP) is 5.06. The molecule has 2 atom stereocenters. The number of nitrogens with two attached hydrogens (primary N) is 1. The van der Waals surface area contributed by atoms with E-state index in [1.54, 1.807) is 39.8 Å². The summed E-state index contributed by atoms with van der Waals surface area (Å²) in [5, 5.41) is 0. The number of amides is 1. The van der Waals surface area contributed by atoms with E-state index in [9.17, 15) is 18.0 Å². The summed E-state index contributed by atoms with van der Waals surface area (Å²) in [6.45, 7) is 5.65. The number of rotatable bonds is 3. The molecule has 0 saturated carbocycles. The Labute approximate surface area is 179 Å². The van der Waals surface area contributed by atoms with Crippen LogP contribution in [0.5, 0.6) is 0 Å². The molecule has 1 heterocycles. The van der Waals surface area contributed by atoms with Crippen molar-refractivity contribution in [2.45, 2.75) is 57.7 Å². The highest BCUT2D eigenvalue weighted by Crippen LogP contribution is 2.35. The fraction of sp³-hybridized carbons (Fsp3) is 0.435. The van der Waals surface area contributed by atoms with Crippen molar-refractivity contribution >= 4 is 6.09 Å². The number of ether oxygens (including phenoxy) is 1. The third-order valence-electron chi connectivity index (χ3n) is 5.17. The van der Waals surface area contributed by atoms with Crippen molar-refractivity contribution in [3.8, 4) is 11.1 Å². The van der Waals surface area contributed by atoms with Gasteiger partial charge in [0.2, 0.25) is 0 Å². The maximum absolute atomic E-state index is 15.3. The Bertz CT molecular complexity index is 968. The van der Waals surface area contributed by atoms with Crippen LogP contribution in [0.25, 0.3) is 11.1 Å². The standard InChI is InChI=1S/C23H26F4N2O2/c1-13-8-15(10-16(24)9-13)17-7-5-6-14(19(17)25)11-18-20(28)23(26,27)12-29(18)21(30)31-22(2,3)4/h5-10,18,20H,11-12,28H2,1-4H3/t18-,20+/m0/s1. The topological polar surface area (TPSA) is 55.6 Å². The molecule has 0 bridgehead atoms. The van der Waals surface area contributed by atoms with E-state index >= 15 is 4.39 Å². The molecule has 0 radical (unpaired) electrons. The lowest BCUT2D eigenvalue weighted by Gasteiger charge is -2.29. The molecule has 2 aromatic rings. The van der Waals surface area contributed by atoms with Gasteiger partial charge in [0.25, 0.3) is 5.92 Å². The van der Waals surface area contributed by atoms with Crippen LogP contribution in [-0.2, 0) is 11.2 Å². The molecule has 1 aliphatic rings. The first-order chi connectivity index (χ1) is 14.3. The second-order valence-electron chi connectivity index (χ2n) is 8.96. The van der Waals surface area contributed by atoms with E-state index in [1.165, 1.54) is 24.3 Å². The van der Waals surface area contributed by atoms with Gasteiger partial charge >= 0.3 is 6.09 Å². The van der Waals surface area contributed by atoms with E-state index in [-0.39, 0.29) is 17.5 Å². The Morgan fingerprint density at radius 2 is 1.90 bits per heavy atom. The van der Waals surface area contributed by atoms with Crippen LogP contribution in [-0.4, -0.2) is 41.1 Å². The predicted molar refractivity (Wildman–Crippen MR) is 110 cm³/mol. The largest absolute Gasteiger partial charge is 0.444 e. The highest BCUT2D eigenvalue weighted by molar-refractivity contribution is 5.70. The van der Waals surface area contributed by atoms with Crippen molar-refractivity contribution in [2.24, 2.45) is 5.73 Å². The molecule has 0 spiro atoms. The van der Waals surface area contributed by atoms with Crippen molar-refractivity contribution in [1.29, 1.82) is 0 Å². The number of benzene rings is 2. The van der Waals surface area contributed by atoms with Gasteiger partial charge in [-0.05, 0) is 62.9 Å². The van der Waals surface area contributed by atoms with E-state index in [0.717, 1.165) is 4.90 Å². The number of hydrogen-bond acceptors (Lipinski definition) is 3. The number of hydrogen-bond donors (Lipinski definition) is 1. The van der Waals surface area contributed by atoms with Gasteiger partial charge in [0.05, 0.1) is 18.6 Å². The smallest absolute Gasteiger partial charge is 0.410 e. The molecule has 1 amide bonds. The average molecular weight is 438 g/mol. The molecular weight excluding hydrogens is 412 g/mol. The highest BCUT2D eigenvalue weighted by atomic mass is 19.3. The molecular formula is C23H26F4N2O2. The fourth-order valence-electron chi connectivity index (χ4n) is 3.76. The molecule has 0 aliphatic carbocycles. The number of alkyl halides is 2. The van der Waals surface area contributed by atoms with Crippen LogP contribution in [0.1, 0.15) is 31.9 Å². The fourth-order valence-corrected chi connectivity index (χ4v) is 3.76. The highest BCUT2D eigenvalue weighted by Gasteiger charge is 2.55. The van der Waals surface area contributed by atoms with Gasteiger partial charge in [0.15, 0.2) is 0 Å². The maximum atomic E-state index is 15.3. The summed E-state index contributed by atoms with van der Waals surface area (Å²) in [6, 6.07) is 5.81. The first-order valence-electron chi connectivity index (χ1n) is 9.96. The second kappa shape index (κ2) is 8.15. The molecule has 0 aromatic heterocycles. The van der Waals surface area contributed by atoms with Crippen molar-refractivity contribution in [2.75, 3.05) is 6.54 Å². The number of carbonyl (C=O) groups is 1. The Balaban J connectivity index is 1.95. The Morgan fingerprint density at radius 1 is 1.23 bits per heavy atom. The number of halogens is 4. The summed E-state index contributed by atoms with van der Waals surface area (Å²) in [4.78, 5) is 13.4. The molecule has 4 nitrogen and oxygen atoms in total. The second-order valence-corrected chi connectivity index (χ2v) is 8.96. The minimum absolute atomic E-state index is 0.103. The van der Waals surface area contributed by atoms with Crippen LogP contribution in [0.4, 0.5) is 22.4 Å². The molecule has 1 aliphatic heterocycles. The lowest BCUT2D eigenvalue weighted by atomic mass is 9.95. The molecule has 2 N–H and O–H groups in total. The van der Waals surface area contributed by atoms with E-state index < -0.39 is 47.9 Å². The van der Waals surface area contributed by atoms with Crippen molar-refractivity contribution < 1.29 is 27.1 Å². The van der Waals surface area contributed by atoms with Crippen LogP contribution < -0.4 is 5.73 Å². The first-order valence-corrected chi connectivity index (χ1v) is 9.96. The number of likely N-dealkylation sites (tertiary alicyclic amines) is 1. The van der Waals surface area contributed by atoms with Gasteiger partial charge < -0.3 is 10.5 Å². The van der Waals surface area contributed by atoms with Crippen molar-refractivity contribution in [1.82, 2.24) is 4.90 Å². The maximum Gasteiger partial charge on any atom is 0.410 e. The van der Waals surface area contributed by atoms with Crippen LogP contribution in [0, 0.1) is 18.6 Å². The van der Waals surface area contributed by atoms with Gasteiger partial charge in [-0.2, -0.15) is 0 Å². The van der Waals surface area contributed by atoms with E-state index in [2.05, 4.69) is 0 Å². The molecule has 3 rings (SSSR count). The lowest BCUT2D eigenvalue weighted by Crippen LogP contribution is -2.48. The summed E-state index contributed by atoms with van der Waals surface area (Å²) in [7, 11) is 0. The molecule has 2 aromatic carbocycles. The zero-order valence-corrected chi connectivity index (χ0v) is 17.9. The van der Waals surface area contributed by atoms with E-state index in [1.807, 2.05) is 0 Å². The SMILES string of the molecule is Cc1cc(F)cc(-c2cccc(C[C@H]3[C@@H](N)C(F)(F)CN3C(=O)OC(C)(C)C)c2F)c1. The van der Waals surface area contributed by atoms with Gasteiger partial charge in [0, 0.05) is 5.56 Å². The van der Waals surface area contributed by atoms with Crippen molar-refractivity contribution in [3.63, 3.8) is 0 Å². The zero-order valence-electron chi connectivity index (χ0n) is 17.9. The minimum atomic E-state index is -3.34. The summed E-state index contributed by atoms with van der Waals surface area (Å²) < 4.78 is 63.1. The quantitative estimate of drug-likeness (QED) is 0.682. The van der Waals surface area contributed by atoms with Crippen LogP contribution in [0.15, 0.2) is 36.4 Å². The van der Waals surface area contributed by atoms with Gasteiger partial charge in [-0.25, -0.2) is 22.4 Å². The van der Waals surface area contributed by atoms with Crippen LogP contribution >= 0.6 is 0 Å². The Kier molecular flexibility index (Phi) is 6.06. The minimum Gasteiger partial charge on any atom is -0.444 e. The normalized spacial score (nSPS) is 20.7. The van der Waals surface area contributed by atoms with E-state index in [0.29, 0.717) is 11.1 Å². The third kappa shape index (κ3) is 5.01. The summed E-state index contributed by atoms with van der Waals surface area (Å²) in [5.41, 5.74) is 6.08. The van der Waals surface area contributed by atoms with Crippen molar-refractivity contribution in [3.05, 3.63) is 59.2 Å². The molecule has 1 fully saturated rings. The first kappa shape index (κ1) is 23.1. The van der Waals surface area contributed by atoms with Gasteiger partial charge in [0.1, 0.15) is 17.2 Å². The van der Waals surface area contributed by atoms with Gasteiger partial charge in [-0.1, -0.05) is 24.3 Å². The number of nitrogens with zero attached hydrogens (tertiary/aromatic N) is 1.